The minimum atomic E-state index is 0.211. The van der Waals surface area contributed by atoms with Crippen LogP contribution in [0, 0.1) is 0 Å². The van der Waals surface area contributed by atoms with E-state index in [-0.39, 0.29) is 6.04 Å². The van der Waals surface area contributed by atoms with Gasteiger partial charge in [0.05, 0.1) is 12.9 Å². The number of hydrogen-bond donors (Lipinski definition) is 1. The van der Waals surface area contributed by atoms with Crippen LogP contribution in [0.1, 0.15) is 49.1 Å². The molecule has 2 heterocycles. The second kappa shape index (κ2) is 5.96. The summed E-state index contributed by atoms with van der Waals surface area (Å²) < 4.78 is 7.65. The molecule has 0 saturated heterocycles. The second-order valence-electron chi connectivity index (χ2n) is 5.97. The van der Waals surface area contributed by atoms with Gasteiger partial charge in [0, 0.05) is 30.0 Å². The Morgan fingerprint density at radius 1 is 1.26 bits per heavy atom. The molecule has 3 aromatic rings. The molecule has 0 aliphatic heterocycles. The standard InChI is InChI=1S/C17H19N5O/c1-12(19-10-16-20-21-17(23-16)14-2-3-14)13-4-6-15(7-5-13)22-9-8-18-11-22/h4-9,11-12,14,19H,2-3,10H2,1H3/t12-/m0/s1. The van der Waals surface area contributed by atoms with Crippen molar-refractivity contribution in [1.29, 1.82) is 0 Å². The summed E-state index contributed by atoms with van der Waals surface area (Å²) in [6, 6.07) is 8.63. The van der Waals surface area contributed by atoms with E-state index in [1.165, 1.54) is 18.4 Å². The van der Waals surface area contributed by atoms with Gasteiger partial charge in [0.2, 0.25) is 11.8 Å². The van der Waals surface area contributed by atoms with E-state index >= 15 is 0 Å². The van der Waals surface area contributed by atoms with Gasteiger partial charge in [-0.3, -0.25) is 0 Å². The van der Waals surface area contributed by atoms with E-state index in [2.05, 4.69) is 51.7 Å². The van der Waals surface area contributed by atoms with Crippen LogP contribution in [0.25, 0.3) is 5.69 Å². The van der Waals surface area contributed by atoms with Crippen LogP contribution in [-0.2, 0) is 6.54 Å². The molecule has 0 spiro atoms. The molecule has 4 rings (SSSR count). The molecule has 23 heavy (non-hydrogen) atoms. The Morgan fingerprint density at radius 2 is 2.09 bits per heavy atom. The number of nitrogens with zero attached hydrogens (tertiary/aromatic N) is 4. The van der Waals surface area contributed by atoms with Gasteiger partial charge in [0.1, 0.15) is 0 Å². The Kier molecular flexibility index (Phi) is 3.67. The average Bonchev–Trinajstić information content (AvgIpc) is 3.11. The van der Waals surface area contributed by atoms with E-state index in [4.69, 9.17) is 4.42 Å². The molecule has 1 fully saturated rings. The fourth-order valence-corrected chi connectivity index (χ4v) is 2.54. The molecule has 6 nitrogen and oxygen atoms in total. The summed E-state index contributed by atoms with van der Waals surface area (Å²) in [5.41, 5.74) is 2.32. The number of nitrogens with one attached hydrogen (secondary N) is 1. The van der Waals surface area contributed by atoms with Gasteiger partial charge in [-0.2, -0.15) is 0 Å². The predicted octanol–water partition coefficient (Wildman–Crippen LogP) is 2.98. The molecule has 0 amide bonds. The van der Waals surface area contributed by atoms with Crippen LogP contribution in [0.15, 0.2) is 47.4 Å². The highest BCUT2D eigenvalue weighted by Crippen LogP contribution is 2.38. The lowest BCUT2D eigenvalue weighted by Crippen LogP contribution is -2.18. The second-order valence-corrected chi connectivity index (χ2v) is 5.97. The van der Waals surface area contributed by atoms with E-state index in [9.17, 15) is 0 Å². The van der Waals surface area contributed by atoms with Crippen molar-refractivity contribution in [2.24, 2.45) is 0 Å². The van der Waals surface area contributed by atoms with Crippen LogP contribution in [0.5, 0.6) is 0 Å². The number of benzene rings is 1. The quantitative estimate of drug-likeness (QED) is 0.758. The van der Waals surface area contributed by atoms with Crippen molar-refractivity contribution >= 4 is 0 Å². The first-order valence-electron chi connectivity index (χ1n) is 7.93. The van der Waals surface area contributed by atoms with Crippen molar-refractivity contribution in [2.75, 3.05) is 0 Å². The monoisotopic (exact) mass is 309 g/mol. The van der Waals surface area contributed by atoms with Crippen molar-refractivity contribution in [1.82, 2.24) is 25.1 Å². The number of rotatable bonds is 6. The maximum absolute atomic E-state index is 5.67. The first-order valence-corrected chi connectivity index (χ1v) is 7.93. The molecule has 1 N–H and O–H groups in total. The third-order valence-electron chi connectivity index (χ3n) is 4.16. The lowest BCUT2D eigenvalue weighted by Gasteiger charge is -2.13. The van der Waals surface area contributed by atoms with Gasteiger partial charge < -0.3 is 14.3 Å². The highest BCUT2D eigenvalue weighted by atomic mass is 16.4. The number of imidazole rings is 1. The van der Waals surface area contributed by atoms with E-state index in [0.717, 1.165) is 11.6 Å². The molecule has 0 unspecified atom stereocenters. The van der Waals surface area contributed by atoms with Gasteiger partial charge in [-0.25, -0.2) is 4.98 Å². The fourth-order valence-electron chi connectivity index (χ4n) is 2.54. The Balaban J connectivity index is 1.37. The zero-order valence-corrected chi connectivity index (χ0v) is 13.0. The third kappa shape index (κ3) is 3.17. The summed E-state index contributed by atoms with van der Waals surface area (Å²) in [6.07, 6.45) is 7.86. The van der Waals surface area contributed by atoms with Crippen molar-refractivity contribution in [3.63, 3.8) is 0 Å². The Morgan fingerprint density at radius 3 is 2.78 bits per heavy atom. The SMILES string of the molecule is C[C@H](NCc1nnc(C2CC2)o1)c1ccc(-n2ccnc2)cc1. The molecule has 1 aromatic carbocycles. The van der Waals surface area contributed by atoms with Gasteiger partial charge >= 0.3 is 0 Å². The Hall–Kier alpha value is -2.47. The molecule has 2 aromatic heterocycles. The molecule has 1 aliphatic carbocycles. The van der Waals surface area contributed by atoms with Crippen LogP contribution in [-0.4, -0.2) is 19.7 Å². The van der Waals surface area contributed by atoms with Gasteiger partial charge in [0.15, 0.2) is 0 Å². The fraction of sp³-hybridized carbons (Fsp3) is 0.353. The molecule has 6 heteroatoms. The normalized spacial score (nSPS) is 15.7. The summed E-state index contributed by atoms with van der Waals surface area (Å²) in [5, 5.41) is 11.6. The number of aromatic nitrogens is 4. The summed E-state index contributed by atoms with van der Waals surface area (Å²) in [4.78, 5) is 4.07. The minimum Gasteiger partial charge on any atom is -0.424 e. The van der Waals surface area contributed by atoms with Crippen LogP contribution >= 0.6 is 0 Å². The van der Waals surface area contributed by atoms with Crippen molar-refractivity contribution in [3.05, 3.63) is 60.3 Å². The molecule has 0 bridgehead atoms. The molecule has 1 saturated carbocycles. The van der Waals surface area contributed by atoms with Crippen LogP contribution in [0.3, 0.4) is 0 Å². The molecule has 118 valence electrons. The zero-order valence-electron chi connectivity index (χ0n) is 13.0. The van der Waals surface area contributed by atoms with E-state index in [0.29, 0.717) is 18.4 Å². The van der Waals surface area contributed by atoms with Gasteiger partial charge in [0.25, 0.3) is 0 Å². The highest BCUT2D eigenvalue weighted by Gasteiger charge is 2.29. The first-order chi connectivity index (χ1) is 11.3. The van der Waals surface area contributed by atoms with Crippen molar-refractivity contribution in [2.45, 2.75) is 38.3 Å². The lowest BCUT2D eigenvalue weighted by atomic mass is 10.1. The molecule has 0 radical (unpaired) electrons. The zero-order chi connectivity index (χ0) is 15.6. The van der Waals surface area contributed by atoms with Gasteiger partial charge in [-0.1, -0.05) is 12.1 Å². The van der Waals surface area contributed by atoms with Crippen LogP contribution < -0.4 is 5.32 Å². The van der Waals surface area contributed by atoms with Crippen LogP contribution in [0.4, 0.5) is 0 Å². The van der Waals surface area contributed by atoms with E-state index < -0.39 is 0 Å². The summed E-state index contributed by atoms with van der Waals surface area (Å²) in [6.45, 7) is 2.72. The van der Waals surface area contributed by atoms with E-state index in [1.54, 1.807) is 12.5 Å². The van der Waals surface area contributed by atoms with Gasteiger partial charge in [-0.05, 0) is 37.5 Å². The largest absolute Gasteiger partial charge is 0.424 e. The van der Waals surface area contributed by atoms with Crippen LogP contribution in [0.2, 0.25) is 0 Å². The van der Waals surface area contributed by atoms with E-state index in [1.807, 2.05) is 10.8 Å². The van der Waals surface area contributed by atoms with Crippen molar-refractivity contribution < 1.29 is 4.42 Å². The molecule has 1 aliphatic rings. The predicted molar refractivity (Wildman–Crippen MR) is 85.1 cm³/mol. The maximum atomic E-state index is 5.67. The number of hydrogen-bond acceptors (Lipinski definition) is 5. The first kappa shape index (κ1) is 14.1. The Labute approximate surface area is 134 Å². The molecule has 1 atom stereocenters. The molecular weight excluding hydrogens is 290 g/mol. The molecular formula is C17H19N5O. The average molecular weight is 309 g/mol. The smallest absolute Gasteiger partial charge is 0.230 e. The van der Waals surface area contributed by atoms with Crippen molar-refractivity contribution in [3.8, 4) is 5.69 Å². The Bertz CT molecular complexity index is 759. The summed E-state index contributed by atoms with van der Waals surface area (Å²) >= 11 is 0. The lowest BCUT2D eigenvalue weighted by molar-refractivity contribution is 0.419. The van der Waals surface area contributed by atoms with Gasteiger partial charge in [-0.15, -0.1) is 10.2 Å². The minimum absolute atomic E-state index is 0.211. The summed E-state index contributed by atoms with van der Waals surface area (Å²) in [5.74, 6) is 1.96. The maximum Gasteiger partial charge on any atom is 0.230 e. The third-order valence-corrected chi connectivity index (χ3v) is 4.16. The topological polar surface area (TPSA) is 68.8 Å². The highest BCUT2D eigenvalue weighted by molar-refractivity contribution is 5.35. The summed E-state index contributed by atoms with van der Waals surface area (Å²) in [7, 11) is 0.